The maximum Gasteiger partial charge on any atom is 0.343 e. The van der Waals surface area contributed by atoms with E-state index in [0.29, 0.717) is 46.6 Å². The van der Waals surface area contributed by atoms with Crippen molar-refractivity contribution in [3.8, 4) is 11.4 Å². The molecule has 5 heterocycles. The minimum atomic E-state index is -1.96. The number of carbonyl (C=O) groups excluding carboxylic acids is 2. The van der Waals surface area contributed by atoms with E-state index in [9.17, 15) is 24.6 Å². The highest BCUT2D eigenvalue weighted by Crippen LogP contribution is 2.48. The van der Waals surface area contributed by atoms with Crippen LogP contribution in [0, 0.1) is 12.7 Å². The number of rotatable bonds is 3. The fourth-order valence-corrected chi connectivity index (χ4v) is 7.53. The molecule has 202 valence electrons. The highest BCUT2D eigenvalue weighted by molar-refractivity contribution is 7.99. The van der Waals surface area contributed by atoms with E-state index < -0.39 is 40.5 Å². The van der Waals surface area contributed by atoms with Gasteiger partial charge in [0, 0.05) is 33.2 Å². The Morgan fingerprint density at radius 3 is 2.74 bits per heavy atom. The molecule has 3 aromatic rings. The van der Waals surface area contributed by atoms with Gasteiger partial charge in [0.2, 0.25) is 0 Å². The molecule has 11 heteroatoms. The van der Waals surface area contributed by atoms with Gasteiger partial charge < -0.3 is 24.8 Å². The summed E-state index contributed by atoms with van der Waals surface area (Å²) in [6, 6.07) is 2.48. The van der Waals surface area contributed by atoms with Crippen LogP contribution in [0.1, 0.15) is 66.5 Å². The predicted molar refractivity (Wildman–Crippen MR) is 140 cm³/mol. The number of esters is 1. The summed E-state index contributed by atoms with van der Waals surface area (Å²) in [4.78, 5) is 44.8. The smallest absolute Gasteiger partial charge is 0.343 e. The Morgan fingerprint density at radius 1 is 1.28 bits per heavy atom. The number of amides is 1. The number of ether oxygens (including phenoxy) is 1. The van der Waals surface area contributed by atoms with Gasteiger partial charge in [-0.15, -0.1) is 11.8 Å². The van der Waals surface area contributed by atoms with Gasteiger partial charge in [0.1, 0.15) is 18.0 Å². The standard InChI is InChI=1S/C28H26FN3O6S/c1-3-28(37)15-7-19-22-13(9-32(19)24(33)14(15)10-38-26(28)35)20-18(31-25(34)27(36)5-4-6-27)11-39-23-12(2)16(29)8-17(30-22)21(20)23/h7-8,18,36-37H,3-6,9-11H2,1-2H3,(H,31,34)/t18-,28+/m1/s1. The van der Waals surface area contributed by atoms with Crippen LogP contribution in [-0.4, -0.2) is 43.0 Å². The maximum absolute atomic E-state index is 15.0. The van der Waals surface area contributed by atoms with Gasteiger partial charge in [0.05, 0.1) is 35.1 Å². The molecular weight excluding hydrogens is 525 g/mol. The summed E-state index contributed by atoms with van der Waals surface area (Å²) in [5.74, 6) is -1.23. The lowest BCUT2D eigenvalue weighted by atomic mass is 9.79. The SMILES string of the molecule is CC[C@@]1(O)C(=O)OCc2c1cc1n(c2=O)Cc2c-1nc1cc(F)c(C)c3c1c2[C@H](NC(=O)C1(O)CCC1)CS3. The Labute approximate surface area is 226 Å². The van der Waals surface area contributed by atoms with E-state index in [1.165, 1.54) is 22.4 Å². The quantitative estimate of drug-likeness (QED) is 0.332. The molecule has 0 spiro atoms. The first-order valence-corrected chi connectivity index (χ1v) is 14.0. The third kappa shape index (κ3) is 3.20. The maximum atomic E-state index is 15.0. The lowest BCUT2D eigenvalue weighted by Gasteiger charge is -2.37. The molecule has 9 nitrogen and oxygen atoms in total. The molecule has 39 heavy (non-hydrogen) atoms. The number of halogens is 1. The first kappa shape index (κ1) is 24.7. The van der Waals surface area contributed by atoms with Gasteiger partial charge in [0.25, 0.3) is 11.5 Å². The van der Waals surface area contributed by atoms with E-state index >= 15 is 4.39 Å². The van der Waals surface area contributed by atoms with Gasteiger partial charge in [-0.05, 0) is 49.8 Å². The zero-order chi connectivity index (χ0) is 27.4. The number of carbonyl (C=O) groups is 2. The van der Waals surface area contributed by atoms with E-state index in [1.807, 2.05) is 0 Å². The van der Waals surface area contributed by atoms with Crippen LogP contribution in [-0.2, 0) is 33.1 Å². The van der Waals surface area contributed by atoms with Crippen molar-refractivity contribution in [1.29, 1.82) is 0 Å². The highest BCUT2D eigenvalue weighted by Gasteiger charge is 2.47. The number of pyridine rings is 2. The van der Waals surface area contributed by atoms with Crippen LogP contribution in [0.25, 0.3) is 22.3 Å². The number of thioether (sulfide) groups is 1. The molecule has 0 radical (unpaired) electrons. The molecule has 1 saturated carbocycles. The zero-order valence-corrected chi connectivity index (χ0v) is 22.2. The molecule has 2 aromatic heterocycles. The summed E-state index contributed by atoms with van der Waals surface area (Å²) >= 11 is 1.43. The second-order valence-corrected chi connectivity index (χ2v) is 11.9. The van der Waals surface area contributed by atoms with Gasteiger partial charge in [-0.1, -0.05) is 6.92 Å². The number of fused-ring (bicyclic) bond motifs is 5. The van der Waals surface area contributed by atoms with Crippen molar-refractivity contribution in [3.05, 3.63) is 56.1 Å². The largest absolute Gasteiger partial charge is 0.458 e. The number of nitrogens with one attached hydrogen (secondary N) is 1. The van der Waals surface area contributed by atoms with Gasteiger partial charge in [-0.25, -0.2) is 14.2 Å². The minimum Gasteiger partial charge on any atom is -0.458 e. The second-order valence-electron chi connectivity index (χ2n) is 10.9. The number of cyclic esters (lactones) is 1. The monoisotopic (exact) mass is 551 g/mol. The molecule has 7 rings (SSSR count). The third-order valence-electron chi connectivity index (χ3n) is 8.81. The number of benzene rings is 1. The van der Waals surface area contributed by atoms with Crippen LogP contribution in [0.15, 0.2) is 21.8 Å². The molecule has 0 saturated heterocycles. The van der Waals surface area contributed by atoms with Gasteiger partial charge in [-0.3, -0.25) is 9.59 Å². The van der Waals surface area contributed by atoms with Gasteiger partial charge >= 0.3 is 5.97 Å². The van der Waals surface area contributed by atoms with Gasteiger partial charge in [-0.2, -0.15) is 0 Å². The first-order valence-electron chi connectivity index (χ1n) is 13.1. The van der Waals surface area contributed by atoms with Crippen molar-refractivity contribution in [2.24, 2.45) is 0 Å². The lowest BCUT2D eigenvalue weighted by molar-refractivity contribution is -0.172. The van der Waals surface area contributed by atoms with Crippen LogP contribution in [0.3, 0.4) is 0 Å². The molecule has 1 aromatic carbocycles. The molecule has 1 fully saturated rings. The topological polar surface area (TPSA) is 131 Å². The lowest BCUT2D eigenvalue weighted by Crippen LogP contribution is -2.53. The molecule has 0 bridgehead atoms. The summed E-state index contributed by atoms with van der Waals surface area (Å²) in [6.07, 6.45) is 1.60. The Kier molecular flexibility index (Phi) is 5.15. The molecule has 2 atom stereocenters. The number of aromatic nitrogens is 2. The fraction of sp³-hybridized carbons (Fsp3) is 0.429. The van der Waals surface area contributed by atoms with Crippen molar-refractivity contribution in [2.75, 3.05) is 5.75 Å². The van der Waals surface area contributed by atoms with Crippen LogP contribution in [0.4, 0.5) is 4.39 Å². The number of hydrogen-bond donors (Lipinski definition) is 3. The van der Waals surface area contributed by atoms with E-state index in [2.05, 4.69) is 5.32 Å². The van der Waals surface area contributed by atoms with Crippen LogP contribution < -0.4 is 10.9 Å². The summed E-state index contributed by atoms with van der Waals surface area (Å²) in [7, 11) is 0. The molecule has 1 amide bonds. The Hall–Kier alpha value is -3.28. The van der Waals surface area contributed by atoms with Crippen LogP contribution >= 0.6 is 11.8 Å². The summed E-state index contributed by atoms with van der Waals surface area (Å²) in [6.45, 7) is 3.26. The average molecular weight is 552 g/mol. The highest BCUT2D eigenvalue weighted by atomic mass is 32.2. The normalized spacial score (nSPS) is 23.9. The van der Waals surface area contributed by atoms with E-state index in [1.54, 1.807) is 19.9 Å². The van der Waals surface area contributed by atoms with Crippen molar-refractivity contribution in [2.45, 2.75) is 74.8 Å². The number of hydrogen-bond acceptors (Lipinski definition) is 8. The molecule has 3 N–H and O–H groups in total. The van der Waals surface area contributed by atoms with Crippen LogP contribution in [0.2, 0.25) is 0 Å². The summed E-state index contributed by atoms with van der Waals surface area (Å²) in [5.41, 5.74) is -0.137. The predicted octanol–water partition coefficient (Wildman–Crippen LogP) is 2.71. The van der Waals surface area contributed by atoms with Crippen molar-refractivity contribution >= 4 is 34.5 Å². The molecule has 4 aliphatic rings. The zero-order valence-electron chi connectivity index (χ0n) is 21.4. The summed E-state index contributed by atoms with van der Waals surface area (Å²) in [5, 5.41) is 25.6. The van der Waals surface area contributed by atoms with E-state index in [0.717, 1.165) is 22.3 Å². The Morgan fingerprint density at radius 2 is 2.05 bits per heavy atom. The number of nitrogens with zero attached hydrogens (tertiary/aromatic N) is 2. The van der Waals surface area contributed by atoms with Gasteiger partial charge in [0.15, 0.2) is 5.60 Å². The van der Waals surface area contributed by atoms with Crippen LogP contribution in [0.5, 0.6) is 0 Å². The van der Waals surface area contributed by atoms with Crippen molar-refractivity contribution < 1.29 is 28.9 Å². The van der Waals surface area contributed by atoms with Crippen molar-refractivity contribution in [3.63, 3.8) is 0 Å². The Balaban J connectivity index is 1.47. The summed E-state index contributed by atoms with van der Waals surface area (Å²) < 4.78 is 21.7. The molecular formula is C28H26FN3O6S. The van der Waals surface area contributed by atoms with E-state index in [-0.39, 0.29) is 30.7 Å². The molecule has 0 unspecified atom stereocenters. The minimum absolute atomic E-state index is 0.0209. The average Bonchev–Trinajstić information content (AvgIpc) is 3.27. The molecule has 1 aliphatic carbocycles. The fourth-order valence-electron chi connectivity index (χ4n) is 6.27. The third-order valence-corrected chi connectivity index (χ3v) is 10.1. The number of aliphatic hydroxyl groups is 2. The first-order chi connectivity index (χ1) is 18.6. The second kappa shape index (κ2) is 8.12. The van der Waals surface area contributed by atoms with E-state index in [4.69, 9.17) is 9.72 Å². The molecule has 3 aliphatic heterocycles. The van der Waals surface area contributed by atoms with Crippen molar-refractivity contribution in [1.82, 2.24) is 14.9 Å². The Bertz CT molecular complexity index is 1710.